The SMILES string of the molecule is Cc1ncc(COP(=O)(O)O)c(CNCCOP(=O)(O)O)c1O.N. The van der Waals surface area contributed by atoms with Crippen LogP contribution in [0.5, 0.6) is 5.75 Å². The largest absolute Gasteiger partial charge is 0.506 e. The van der Waals surface area contributed by atoms with Crippen LogP contribution in [-0.2, 0) is 31.3 Å². The Kier molecular flexibility index (Phi) is 9.18. The van der Waals surface area contributed by atoms with Gasteiger partial charge in [-0.2, -0.15) is 0 Å². The molecule has 140 valence electrons. The van der Waals surface area contributed by atoms with Gasteiger partial charge in [0.1, 0.15) is 5.75 Å². The first kappa shape index (κ1) is 23.1. The second kappa shape index (κ2) is 9.54. The number of aromatic hydroxyl groups is 1. The lowest BCUT2D eigenvalue weighted by Gasteiger charge is -2.14. The molecule has 0 saturated carbocycles. The molecule has 0 spiro atoms. The predicted octanol–water partition coefficient (Wildman–Crippen LogP) is 0.0658. The zero-order valence-electron chi connectivity index (χ0n) is 12.8. The van der Waals surface area contributed by atoms with Crippen LogP contribution in [0.25, 0.3) is 0 Å². The van der Waals surface area contributed by atoms with Crippen LogP contribution in [0, 0.1) is 6.92 Å². The summed E-state index contributed by atoms with van der Waals surface area (Å²) < 4.78 is 29.9. The van der Waals surface area contributed by atoms with Gasteiger partial charge in [0, 0.05) is 30.4 Å². The molecular weight excluding hydrogens is 368 g/mol. The Labute approximate surface area is 137 Å². The summed E-state index contributed by atoms with van der Waals surface area (Å²) >= 11 is 0. The molecule has 0 amide bonds. The molecule has 0 saturated heterocycles. The number of hydrogen-bond donors (Lipinski definition) is 7. The van der Waals surface area contributed by atoms with Crippen molar-refractivity contribution < 1.29 is 42.9 Å². The van der Waals surface area contributed by atoms with Gasteiger partial charge < -0.3 is 36.1 Å². The minimum absolute atomic E-state index is 0. The van der Waals surface area contributed by atoms with Crippen LogP contribution >= 0.6 is 15.6 Å². The van der Waals surface area contributed by atoms with E-state index in [4.69, 9.17) is 19.6 Å². The van der Waals surface area contributed by atoms with Gasteiger partial charge in [0.05, 0.1) is 18.9 Å². The molecule has 0 aliphatic carbocycles. The second-order valence-corrected chi connectivity index (χ2v) is 6.94. The fraction of sp³-hybridized carbons (Fsp3) is 0.500. The zero-order valence-corrected chi connectivity index (χ0v) is 14.6. The van der Waals surface area contributed by atoms with E-state index < -0.39 is 22.3 Å². The van der Waals surface area contributed by atoms with Crippen LogP contribution in [0.4, 0.5) is 0 Å². The quantitative estimate of drug-likeness (QED) is 0.221. The number of pyridine rings is 1. The maximum absolute atomic E-state index is 10.7. The van der Waals surface area contributed by atoms with Gasteiger partial charge in [-0.15, -0.1) is 0 Å². The molecule has 0 aromatic carbocycles. The van der Waals surface area contributed by atoms with Gasteiger partial charge in [-0.3, -0.25) is 14.0 Å². The number of hydrogen-bond acceptors (Lipinski definition) is 8. The van der Waals surface area contributed by atoms with Gasteiger partial charge in [0.2, 0.25) is 0 Å². The normalized spacial score (nSPS) is 12.0. The Hall–Kier alpha value is -0.910. The molecule has 0 aliphatic heterocycles. The van der Waals surface area contributed by atoms with E-state index in [-0.39, 0.29) is 37.2 Å². The monoisotopic (exact) mass is 389 g/mol. The maximum Gasteiger partial charge on any atom is 0.469 e. The third-order valence-electron chi connectivity index (χ3n) is 2.66. The summed E-state index contributed by atoms with van der Waals surface area (Å²) in [5.41, 5.74) is 0.884. The van der Waals surface area contributed by atoms with Crippen LogP contribution < -0.4 is 11.5 Å². The molecule has 0 fully saturated rings. The van der Waals surface area contributed by atoms with E-state index >= 15 is 0 Å². The molecule has 12 nitrogen and oxygen atoms in total. The van der Waals surface area contributed by atoms with Gasteiger partial charge in [-0.25, -0.2) is 9.13 Å². The summed E-state index contributed by atoms with van der Waals surface area (Å²) in [5.74, 6) is -0.166. The van der Waals surface area contributed by atoms with Crippen molar-refractivity contribution >= 4 is 15.6 Å². The van der Waals surface area contributed by atoms with E-state index in [0.29, 0.717) is 11.3 Å². The molecule has 14 heteroatoms. The number of phosphoric ester groups is 2. The third-order valence-corrected chi connectivity index (χ3v) is 3.64. The van der Waals surface area contributed by atoms with Crippen LogP contribution in [0.1, 0.15) is 16.8 Å². The van der Waals surface area contributed by atoms with E-state index in [2.05, 4.69) is 19.3 Å². The molecule has 0 atom stereocenters. The highest BCUT2D eigenvalue weighted by Crippen LogP contribution is 2.38. The Balaban J connectivity index is 0.00000529. The molecule has 0 aliphatic rings. The van der Waals surface area contributed by atoms with Crippen LogP contribution in [-0.4, -0.2) is 42.8 Å². The molecule has 24 heavy (non-hydrogen) atoms. The first-order valence-electron chi connectivity index (χ1n) is 6.27. The standard InChI is InChI=1S/C10H18N2O9P2.H3N/c1-7-10(13)9(5-11-2-3-20-22(14,15)16)8(4-12-7)6-21-23(17,18)19;/h4,11,13H,2-3,5-6H2,1H3,(H2,14,15,16)(H2,17,18,19);1H3. The smallest absolute Gasteiger partial charge is 0.469 e. The number of phosphoric acid groups is 2. The number of rotatable bonds is 9. The summed E-state index contributed by atoms with van der Waals surface area (Å²) in [7, 11) is -9.21. The number of nitrogens with one attached hydrogen (secondary N) is 1. The lowest BCUT2D eigenvalue weighted by molar-refractivity contribution is 0.188. The topological polar surface area (TPSA) is 214 Å². The van der Waals surface area contributed by atoms with Gasteiger partial charge in [-0.1, -0.05) is 0 Å². The fourth-order valence-corrected chi connectivity index (χ4v) is 2.25. The van der Waals surface area contributed by atoms with Crippen molar-refractivity contribution in [2.75, 3.05) is 13.2 Å². The van der Waals surface area contributed by atoms with E-state index in [1.807, 2.05) is 0 Å². The molecule has 1 aromatic heterocycles. The molecule has 0 radical (unpaired) electrons. The van der Waals surface area contributed by atoms with Crippen LogP contribution in [0.2, 0.25) is 0 Å². The lowest BCUT2D eigenvalue weighted by Crippen LogP contribution is -2.20. The Morgan fingerprint density at radius 3 is 2.29 bits per heavy atom. The van der Waals surface area contributed by atoms with Crippen molar-refractivity contribution in [1.29, 1.82) is 0 Å². The van der Waals surface area contributed by atoms with Crippen LogP contribution in [0.3, 0.4) is 0 Å². The first-order valence-corrected chi connectivity index (χ1v) is 9.33. The highest BCUT2D eigenvalue weighted by Gasteiger charge is 2.18. The Bertz CT molecular complexity index is 630. The Morgan fingerprint density at radius 1 is 1.17 bits per heavy atom. The van der Waals surface area contributed by atoms with Gasteiger partial charge >= 0.3 is 15.6 Å². The minimum Gasteiger partial charge on any atom is -0.506 e. The number of nitrogens with zero attached hydrogens (tertiary/aromatic N) is 1. The molecule has 0 bridgehead atoms. The summed E-state index contributed by atoms with van der Waals surface area (Å²) in [4.78, 5) is 38.4. The van der Waals surface area contributed by atoms with E-state index in [1.54, 1.807) is 6.92 Å². The van der Waals surface area contributed by atoms with Crippen LogP contribution in [0.15, 0.2) is 6.20 Å². The van der Waals surface area contributed by atoms with Crippen molar-refractivity contribution in [2.24, 2.45) is 0 Å². The maximum atomic E-state index is 10.7. The molecule has 1 rings (SSSR count). The number of aromatic nitrogens is 1. The van der Waals surface area contributed by atoms with Crippen molar-refractivity contribution in [3.63, 3.8) is 0 Å². The molecule has 1 heterocycles. The van der Waals surface area contributed by atoms with E-state index in [9.17, 15) is 14.2 Å². The van der Waals surface area contributed by atoms with Crippen molar-refractivity contribution in [1.82, 2.24) is 16.5 Å². The molecule has 0 unspecified atom stereocenters. The van der Waals surface area contributed by atoms with E-state index in [1.165, 1.54) is 6.20 Å². The predicted molar refractivity (Wildman–Crippen MR) is 82.2 cm³/mol. The van der Waals surface area contributed by atoms with Crippen molar-refractivity contribution in [3.05, 3.63) is 23.0 Å². The van der Waals surface area contributed by atoms with Gasteiger partial charge in [0.15, 0.2) is 0 Å². The molecule has 9 N–H and O–H groups in total. The summed E-state index contributed by atoms with van der Waals surface area (Å²) in [6.45, 7) is 0.957. The van der Waals surface area contributed by atoms with Gasteiger partial charge in [-0.05, 0) is 6.92 Å². The average molecular weight is 389 g/mol. The second-order valence-electron chi connectivity index (χ2n) is 4.46. The summed E-state index contributed by atoms with van der Waals surface area (Å²) in [5, 5.41) is 12.8. The summed E-state index contributed by atoms with van der Waals surface area (Å²) in [6.07, 6.45) is 1.31. The Morgan fingerprint density at radius 2 is 1.75 bits per heavy atom. The lowest BCUT2D eigenvalue weighted by atomic mass is 10.1. The van der Waals surface area contributed by atoms with Crippen molar-refractivity contribution in [3.8, 4) is 5.75 Å². The average Bonchev–Trinajstić information content (AvgIpc) is 2.39. The molecule has 1 aromatic rings. The van der Waals surface area contributed by atoms with Crippen molar-refractivity contribution in [2.45, 2.75) is 20.1 Å². The molecular formula is C10H21N3O9P2. The fourth-order valence-electron chi connectivity index (χ4n) is 1.61. The van der Waals surface area contributed by atoms with E-state index in [0.717, 1.165) is 0 Å². The number of aryl methyl sites for hydroxylation is 1. The van der Waals surface area contributed by atoms with Gasteiger partial charge in [0.25, 0.3) is 0 Å². The first-order chi connectivity index (χ1) is 10.5. The summed E-state index contributed by atoms with van der Waals surface area (Å²) in [6, 6.07) is 0. The highest BCUT2D eigenvalue weighted by molar-refractivity contribution is 7.46. The zero-order chi connectivity index (χ0) is 17.7. The minimum atomic E-state index is -4.67. The third kappa shape index (κ3) is 8.81. The highest BCUT2D eigenvalue weighted by atomic mass is 31.2.